The van der Waals surface area contributed by atoms with E-state index in [0.29, 0.717) is 29.9 Å². The van der Waals surface area contributed by atoms with Crippen molar-refractivity contribution < 1.29 is 24.2 Å². The molecular weight excluding hydrogens is 298 g/mol. The van der Waals surface area contributed by atoms with E-state index in [1.807, 2.05) is 0 Å². The van der Waals surface area contributed by atoms with E-state index < -0.39 is 11.5 Å². The Labute approximate surface area is 136 Å². The van der Waals surface area contributed by atoms with Crippen molar-refractivity contribution in [3.05, 3.63) is 23.8 Å². The zero-order chi connectivity index (χ0) is 17.0. The van der Waals surface area contributed by atoms with Gasteiger partial charge in [0.2, 0.25) is 0 Å². The van der Waals surface area contributed by atoms with Gasteiger partial charge < -0.3 is 19.5 Å². The number of carboxylic acid groups (broad SMARTS) is 1. The maximum atomic E-state index is 12.8. The number of methoxy groups -OCH3 is 2. The second-order valence-electron chi connectivity index (χ2n) is 5.86. The molecule has 0 unspecified atom stereocenters. The lowest BCUT2D eigenvalue weighted by molar-refractivity contribution is -0.151. The highest BCUT2D eigenvalue weighted by Gasteiger charge is 2.45. The zero-order valence-electron chi connectivity index (χ0n) is 13.8. The van der Waals surface area contributed by atoms with Gasteiger partial charge in [0.1, 0.15) is 17.0 Å². The Kier molecular flexibility index (Phi) is 5.13. The summed E-state index contributed by atoms with van der Waals surface area (Å²) in [4.78, 5) is 26.1. The average Bonchev–Trinajstić information content (AvgIpc) is 2.60. The Morgan fingerprint density at radius 2 is 1.57 bits per heavy atom. The average molecular weight is 321 g/mol. The van der Waals surface area contributed by atoms with Gasteiger partial charge in [-0.2, -0.15) is 0 Å². The number of ether oxygens (including phenoxy) is 2. The van der Waals surface area contributed by atoms with E-state index in [1.165, 1.54) is 19.1 Å². The minimum absolute atomic E-state index is 0.341. The molecule has 0 aliphatic heterocycles. The van der Waals surface area contributed by atoms with Crippen LogP contribution in [0.2, 0.25) is 0 Å². The van der Waals surface area contributed by atoms with Crippen molar-refractivity contribution in [2.45, 2.75) is 37.6 Å². The van der Waals surface area contributed by atoms with Crippen LogP contribution in [0.5, 0.6) is 11.5 Å². The number of carbonyl (C=O) groups excluding carboxylic acids is 1. The number of carboxylic acids is 1. The fraction of sp³-hybridized carbons (Fsp3) is 0.529. The van der Waals surface area contributed by atoms with E-state index in [0.717, 1.165) is 19.3 Å². The molecular formula is C17H23NO5. The third-order valence-electron chi connectivity index (χ3n) is 4.62. The topological polar surface area (TPSA) is 76.1 Å². The van der Waals surface area contributed by atoms with E-state index >= 15 is 0 Å². The molecule has 1 saturated carbocycles. The first-order valence-corrected chi connectivity index (χ1v) is 7.69. The lowest BCUT2D eigenvalue weighted by Gasteiger charge is -2.41. The van der Waals surface area contributed by atoms with Gasteiger partial charge in [-0.3, -0.25) is 4.79 Å². The molecule has 0 spiro atoms. The van der Waals surface area contributed by atoms with Gasteiger partial charge in [-0.25, -0.2) is 4.79 Å². The molecule has 2 rings (SSSR count). The van der Waals surface area contributed by atoms with Gasteiger partial charge in [-0.05, 0) is 25.0 Å². The Hall–Kier alpha value is -2.24. The highest BCUT2D eigenvalue weighted by atomic mass is 16.5. The molecule has 1 fully saturated rings. The van der Waals surface area contributed by atoms with Crippen LogP contribution >= 0.6 is 0 Å². The number of rotatable bonds is 5. The molecule has 0 bridgehead atoms. The maximum absolute atomic E-state index is 12.8. The van der Waals surface area contributed by atoms with Crippen LogP contribution in [-0.4, -0.2) is 48.7 Å². The lowest BCUT2D eigenvalue weighted by atomic mass is 9.80. The number of benzene rings is 1. The van der Waals surface area contributed by atoms with Crippen molar-refractivity contribution in [1.29, 1.82) is 0 Å². The van der Waals surface area contributed by atoms with Crippen LogP contribution in [0.3, 0.4) is 0 Å². The molecule has 6 heteroatoms. The fourth-order valence-corrected chi connectivity index (χ4v) is 3.15. The van der Waals surface area contributed by atoms with Crippen molar-refractivity contribution >= 4 is 11.9 Å². The van der Waals surface area contributed by atoms with E-state index in [9.17, 15) is 14.7 Å². The van der Waals surface area contributed by atoms with E-state index in [1.54, 1.807) is 25.2 Å². The van der Waals surface area contributed by atoms with Crippen LogP contribution in [0.25, 0.3) is 0 Å². The number of carbonyl (C=O) groups is 2. The summed E-state index contributed by atoms with van der Waals surface area (Å²) < 4.78 is 10.4. The summed E-state index contributed by atoms with van der Waals surface area (Å²) in [6, 6.07) is 4.86. The Morgan fingerprint density at radius 3 is 2.00 bits per heavy atom. The van der Waals surface area contributed by atoms with Gasteiger partial charge in [0, 0.05) is 18.7 Å². The minimum atomic E-state index is -1.13. The number of aliphatic carboxylic acids is 1. The number of amides is 1. The smallest absolute Gasteiger partial charge is 0.329 e. The summed E-state index contributed by atoms with van der Waals surface area (Å²) in [5, 5.41) is 9.71. The SMILES string of the molecule is COc1cc(OC)cc(C(=O)N(C)C2(C(=O)O)CCCCC2)c1. The van der Waals surface area contributed by atoms with Crippen molar-refractivity contribution in [2.75, 3.05) is 21.3 Å². The van der Waals surface area contributed by atoms with Gasteiger partial charge >= 0.3 is 5.97 Å². The van der Waals surface area contributed by atoms with Crippen LogP contribution in [0.4, 0.5) is 0 Å². The van der Waals surface area contributed by atoms with Crippen LogP contribution in [0.1, 0.15) is 42.5 Å². The van der Waals surface area contributed by atoms with Crippen molar-refractivity contribution in [1.82, 2.24) is 4.90 Å². The molecule has 1 aromatic carbocycles. The Morgan fingerprint density at radius 1 is 1.04 bits per heavy atom. The quantitative estimate of drug-likeness (QED) is 0.902. The van der Waals surface area contributed by atoms with Gasteiger partial charge in [0.15, 0.2) is 0 Å². The number of nitrogens with zero attached hydrogens (tertiary/aromatic N) is 1. The molecule has 0 atom stereocenters. The highest BCUT2D eigenvalue weighted by Crippen LogP contribution is 2.35. The number of likely N-dealkylation sites (N-methyl/N-ethyl adjacent to an activating group) is 1. The first-order valence-electron chi connectivity index (χ1n) is 7.69. The lowest BCUT2D eigenvalue weighted by Crippen LogP contribution is -2.56. The largest absolute Gasteiger partial charge is 0.497 e. The van der Waals surface area contributed by atoms with Gasteiger partial charge in [-0.1, -0.05) is 19.3 Å². The molecule has 126 valence electrons. The van der Waals surface area contributed by atoms with Gasteiger partial charge in [0.05, 0.1) is 14.2 Å². The third kappa shape index (κ3) is 3.25. The predicted octanol–water partition coefficient (Wildman–Crippen LogP) is 2.56. The molecule has 1 amide bonds. The first-order chi connectivity index (χ1) is 10.9. The monoisotopic (exact) mass is 321 g/mol. The maximum Gasteiger partial charge on any atom is 0.329 e. The van der Waals surface area contributed by atoms with Gasteiger partial charge in [0.25, 0.3) is 5.91 Å². The summed E-state index contributed by atoms with van der Waals surface area (Å²) in [6.07, 6.45) is 3.58. The summed E-state index contributed by atoms with van der Waals surface area (Å²) >= 11 is 0. The zero-order valence-corrected chi connectivity index (χ0v) is 13.8. The highest BCUT2D eigenvalue weighted by molar-refractivity contribution is 5.98. The van der Waals surface area contributed by atoms with Crippen molar-refractivity contribution in [2.24, 2.45) is 0 Å². The summed E-state index contributed by atoms with van der Waals surface area (Å²) in [5.74, 6) is -0.294. The summed E-state index contributed by atoms with van der Waals surface area (Å²) in [5.41, 5.74) is -0.777. The second-order valence-corrected chi connectivity index (χ2v) is 5.86. The molecule has 1 aliphatic carbocycles. The van der Waals surface area contributed by atoms with Crippen LogP contribution in [-0.2, 0) is 4.79 Å². The molecule has 1 aliphatic rings. The van der Waals surface area contributed by atoms with E-state index in [-0.39, 0.29) is 5.91 Å². The summed E-state index contributed by atoms with van der Waals surface area (Å²) in [6.45, 7) is 0. The number of hydrogen-bond donors (Lipinski definition) is 1. The molecule has 1 aromatic rings. The van der Waals surface area contributed by atoms with Crippen LogP contribution < -0.4 is 9.47 Å². The van der Waals surface area contributed by atoms with E-state index in [4.69, 9.17) is 9.47 Å². The Bertz CT molecular complexity index is 570. The third-order valence-corrected chi connectivity index (χ3v) is 4.62. The van der Waals surface area contributed by atoms with Crippen LogP contribution in [0.15, 0.2) is 18.2 Å². The number of hydrogen-bond acceptors (Lipinski definition) is 4. The minimum Gasteiger partial charge on any atom is -0.497 e. The van der Waals surface area contributed by atoms with Crippen molar-refractivity contribution in [3.63, 3.8) is 0 Å². The molecule has 1 N–H and O–H groups in total. The summed E-state index contributed by atoms with van der Waals surface area (Å²) in [7, 11) is 4.58. The Balaban J connectivity index is 2.36. The standard InChI is InChI=1S/C17H23NO5/c1-18(17(16(20)21)7-5-4-6-8-17)15(19)12-9-13(22-2)11-14(10-12)23-3/h9-11H,4-8H2,1-3H3,(H,20,21). The van der Waals surface area contributed by atoms with E-state index in [2.05, 4.69) is 0 Å². The normalized spacial score (nSPS) is 16.5. The first kappa shape index (κ1) is 17.1. The van der Waals surface area contributed by atoms with Crippen LogP contribution in [0, 0.1) is 0 Å². The molecule has 0 saturated heterocycles. The fourth-order valence-electron chi connectivity index (χ4n) is 3.15. The molecule has 6 nitrogen and oxygen atoms in total. The van der Waals surface area contributed by atoms with Gasteiger partial charge in [-0.15, -0.1) is 0 Å². The predicted molar refractivity (Wildman–Crippen MR) is 85.1 cm³/mol. The molecule has 0 aromatic heterocycles. The second kappa shape index (κ2) is 6.89. The molecule has 23 heavy (non-hydrogen) atoms. The molecule has 0 heterocycles. The van der Waals surface area contributed by atoms with Crippen molar-refractivity contribution in [3.8, 4) is 11.5 Å². The molecule has 0 radical (unpaired) electrons.